The van der Waals surface area contributed by atoms with Crippen LogP contribution in [0.3, 0.4) is 0 Å². The molecule has 0 aromatic heterocycles. The number of amides is 3. The van der Waals surface area contributed by atoms with Gasteiger partial charge in [-0.3, -0.25) is 14.5 Å². The van der Waals surface area contributed by atoms with E-state index >= 15 is 0 Å². The molecule has 1 heterocycles. The average Bonchev–Trinajstić information content (AvgIpc) is 2.90. The molecule has 2 unspecified atom stereocenters. The Kier molecular flexibility index (Phi) is 11.1. The number of piperidine rings is 1. The molecule has 0 spiro atoms. The van der Waals surface area contributed by atoms with Crippen molar-refractivity contribution in [2.45, 2.75) is 90.2 Å². The van der Waals surface area contributed by atoms with Crippen LogP contribution in [0.15, 0.2) is 54.6 Å². The van der Waals surface area contributed by atoms with Gasteiger partial charge in [0.05, 0.1) is 11.7 Å². The number of ketones is 1. The maximum atomic E-state index is 14.0. The van der Waals surface area contributed by atoms with Crippen LogP contribution < -0.4 is 10.6 Å². The van der Waals surface area contributed by atoms with Gasteiger partial charge in [0.15, 0.2) is 11.2 Å². The number of alkyl carbamates (subject to hydrolysis) is 1. The topological polar surface area (TPSA) is 114 Å². The molecule has 42 heavy (non-hydrogen) atoms. The Bertz CT molecular complexity index is 1260. The Balaban J connectivity index is 1.79. The van der Waals surface area contributed by atoms with Gasteiger partial charge in [0.2, 0.25) is 0 Å². The number of nitrogens with zero attached hydrogens (tertiary/aromatic N) is 1. The van der Waals surface area contributed by atoms with Crippen LogP contribution in [0.1, 0.15) is 77.2 Å². The summed E-state index contributed by atoms with van der Waals surface area (Å²) in [6.07, 6.45) is -0.0823. The highest BCUT2D eigenvalue weighted by Gasteiger charge is 2.42. The molecule has 3 amide bonds. The van der Waals surface area contributed by atoms with Gasteiger partial charge >= 0.3 is 12.2 Å². The van der Waals surface area contributed by atoms with E-state index in [1.54, 1.807) is 45.0 Å². The summed E-state index contributed by atoms with van der Waals surface area (Å²) < 4.78 is 10.9. The summed E-state index contributed by atoms with van der Waals surface area (Å²) in [5.74, 6) is -0.786. The zero-order chi connectivity index (χ0) is 31.1. The highest BCUT2D eigenvalue weighted by molar-refractivity contribution is 8.01. The van der Waals surface area contributed by atoms with Crippen LogP contribution in [0.4, 0.5) is 15.3 Å². The standard InChI is InChI=1S/C32H43N3O6S/c1-21(2)42-28(34-29(38)40-20-22-13-9-8-10-14-22)27(37)33-24-16-12-11-15-23(24)26(36)25-19-32(6,7)17-18-35(25)30(39)41-31(3,4)5/h8-16,21,25,28H,17-20H2,1-7H3,(H,33,37)(H,34,38). The lowest BCUT2D eigenvalue weighted by molar-refractivity contribution is -0.116. The lowest BCUT2D eigenvalue weighted by atomic mass is 9.77. The summed E-state index contributed by atoms with van der Waals surface area (Å²) in [4.78, 5) is 54.6. The van der Waals surface area contributed by atoms with E-state index in [1.807, 2.05) is 44.2 Å². The number of likely N-dealkylation sites (tertiary alicyclic amines) is 1. The molecule has 1 aliphatic heterocycles. The molecule has 2 aromatic carbocycles. The minimum Gasteiger partial charge on any atom is -0.445 e. The molecule has 0 bridgehead atoms. The number of ether oxygens (including phenoxy) is 2. The van der Waals surface area contributed by atoms with E-state index in [2.05, 4.69) is 24.5 Å². The van der Waals surface area contributed by atoms with Gasteiger partial charge in [0, 0.05) is 17.4 Å². The molecular formula is C32H43N3O6S. The third-order valence-corrected chi connectivity index (χ3v) is 7.79. The quantitative estimate of drug-likeness (QED) is 0.246. The minimum absolute atomic E-state index is 0.0129. The van der Waals surface area contributed by atoms with Crippen molar-refractivity contribution < 1.29 is 28.7 Å². The predicted molar refractivity (Wildman–Crippen MR) is 165 cm³/mol. The Morgan fingerprint density at radius 1 is 1.02 bits per heavy atom. The second-order valence-corrected chi connectivity index (χ2v) is 14.2. The first-order valence-electron chi connectivity index (χ1n) is 14.2. The minimum atomic E-state index is -0.969. The summed E-state index contributed by atoms with van der Waals surface area (Å²) >= 11 is 1.25. The molecule has 1 aliphatic rings. The van der Waals surface area contributed by atoms with E-state index in [1.165, 1.54) is 16.7 Å². The molecule has 2 N–H and O–H groups in total. The average molecular weight is 598 g/mol. The normalized spacial score (nSPS) is 17.2. The molecule has 0 aliphatic carbocycles. The second-order valence-electron chi connectivity index (χ2n) is 12.5. The van der Waals surface area contributed by atoms with Gasteiger partial charge in [-0.05, 0) is 56.7 Å². The number of rotatable bonds is 9. The number of hydrogen-bond donors (Lipinski definition) is 2. The number of nitrogens with one attached hydrogen (secondary N) is 2. The number of hydrogen-bond acceptors (Lipinski definition) is 7. The number of carbonyl (C=O) groups excluding carboxylic acids is 4. The molecule has 10 heteroatoms. The fourth-order valence-electron chi connectivity index (χ4n) is 4.58. The van der Waals surface area contributed by atoms with Crippen LogP contribution >= 0.6 is 11.8 Å². The van der Waals surface area contributed by atoms with Gasteiger partial charge in [0.1, 0.15) is 12.2 Å². The van der Waals surface area contributed by atoms with Crippen molar-refractivity contribution in [3.8, 4) is 0 Å². The fourth-order valence-corrected chi connectivity index (χ4v) is 5.47. The first-order chi connectivity index (χ1) is 19.6. The molecule has 0 radical (unpaired) electrons. The Hall–Kier alpha value is -3.53. The number of carbonyl (C=O) groups is 4. The predicted octanol–water partition coefficient (Wildman–Crippen LogP) is 6.63. The molecule has 0 saturated carbocycles. The summed E-state index contributed by atoms with van der Waals surface area (Å²) in [6.45, 7) is 13.8. The third-order valence-electron chi connectivity index (χ3n) is 6.64. The van der Waals surface area contributed by atoms with Crippen molar-refractivity contribution in [1.82, 2.24) is 10.2 Å². The Labute approximate surface area is 253 Å². The number of anilines is 1. The second kappa shape index (κ2) is 14.1. The van der Waals surface area contributed by atoms with Gasteiger partial charge in [0.25, 0.3) is 5.91 Å². The molecular weight excluding hydrogens is 554 g/mol. The van der Waals surface area contributed by atoms with Crippen molar-refractivity contribution >= 4 is 41.3 Å². The van der Waals surface area contributed by atoms with Gasteiger partial charge < -0.3 is 20.1 Å². The highest BCUT2D eigenvalue weighted by atomic mass is 32.2. The molecule has 1 fully saturated rings. The number of thioether (sulfide) groups is 1. The van der Waals surface area contributed by atoms with Crippen molar-refractivity contribution in [3.05, 3.63) is 65.7 Å². The van der Waals surface area contributed by atoms with Crippen molar-refractivity contribution in [2.24, 2.45) is 5.41 Å². The summed E-state index contributed by atoms with van der Waals surface area (Å²) in [5.41, 5.74) is 0.530. The Morgan fingerprint density at radius 3 is 2.31 bits per heavy atom. The smallest absolute Gasteiger partial charge is 0.410 e. The molecule has 2 aromatic rings. The van der Waals surface area contributed by atoms with E-state index < -0.39 is 35.1 Å². The monoisotopic (exact) mass is 597 g/mol. The van der Waals surface area contributed by atoms with Crippen LogP contribution in [0, 0.1) is 5.41 Å². The Morgan fingerprint density at radius 2 is 1.67 bits per heavy atom. The third kappa shape index (κ3) is 9.79. The van der Waals surface area contributed by atoms with Crippen molar-refractivity contribution in [2.75, 3.05) is 11.9 Å². The lowest BCUT2D eigenvalue weighted by Gasteiger charge is -2.43. The van der Waals surface area contributed by atoms with Crippen LogP contribution in [0.25, 0.3) is 0 Å². The zero-order valence-electron chi connectivity index (χ0n) is 25.6. The molecule has 1 saturated heterocycles. The van der Waals surface area contributed by atoms with E-state index in [4.69, 9.17) is 9.47 Å². The van der Waals surface area contributed by atoms with Crippen LogP contribution in [-0.4, -0.2) is 57.6 Å². The SMILES string of the molecule is CC(C)SC(NC(=O)OCc1ccccc1)C(=O)Nc1ccccc1C(=O)C1CC(C)(C)CCN1C(=O)OC(C)(C)C. The lowest BCUT2D eigenvalue weighted by Crippen LogP contribution is -2.53. The first kappa shape index (κ1) is 33.0. The van der Waals surface area contributed by atoms with Gasteiger partial charge in [-0.25, -0.2) is 9.59 Å². The van der Waals surface area contributed by atoms with Gasteiger partial charge in [-0.1, -0.05) is 70.2 Å². The zero-order valence-corrected chi connectivity index (χ0v) is 26.4. The number of Topliss-reactive ketones (excluding diaryl/α,β-unsaturated/α-hetero) is 1. The number of benzene rings is 2. The molecule has 9 nitrogen and oxygen atoms in total. The summed E-state index contributed by atoms with van der Waals surface area (Å²) in [7, 11) is 0. The number of para-hydroxylation sites is 1. The van der Waals surface area contributed by atoms with Crippen LogP contribution in [0.5, 0.6) is 0 Å². The highest BCUT2D eigenvalue weighted by Crippen LogP contribution is 2.36. The molecule has 2 atom stereocenters. The van der Waals surface area contributed by atoms with E-state index in [0.29, 0.717) is 18.7 Å². The largest absolute Gasteiger partial charge is 0.445 e. The van der Waals surface area contributed by atoms with E-state index in [-0.39, 0.29) is 28.6 Å². The van der Waals surface area contributed by atoms with Crippen LogP contribution in [-0.2, 0) is 20.9 Å². The molecule has 228 valence electrons. The van der Waals surface area contributed by atoms with E-state index in [9.17, 15) is 19.2 Å². The van der Waals surface area contributed by atoms with Crippen molar-refractivity contribution in [3.63, 3.8) is 0 Å². The van der Waals surface area contributed by atoms with Crippen molar-refractivity contribution in [1.29, 1.82) is 0 Å². The molecule has 3 rings (SSSR count). The maximum Gasteiger partial charge on any atom is 0.410 e. The van der Waals surface area contributed by atoms with E-state index in [0.717, 1.165) is 12.0 Å². The summed E-state index contributed by atoms with van der Waals surface area (Å²) in [5, 5.41) is 4.52. The first-order valence-corrected chi connectivity index (χ1v) is 15.2. The van der Waals surface area contributed by atoms with Gasteiger partial charge in [-0.15, -0.1) is 11.8 Å². The summed E-state index contributed by atoms with van der Waals surface area (Å²) in [6, 6.07) is 15.2. The van der Waals surface area contributed by atoms with Gasteiger partial charge in [-0.2, -0.15) is 0 Å². The van der Waals surface area contributed by atoms with Crippen LogP contribution in [0.2, 0.25) is 0 Å². The fraction of sp³-hybridized carbons (Fsp3) is 0.500. The maximum absolute atomic E-state index is 14.0.